The zero-order valence-electron chi connectivity index (χ0n) is 30.1. The number of carbonyl (C=O) groups is 5. The van der Waals surface area contributed by atoms with Crippen molar-refractivity contribution in [3.8, 4) is 11.1 Å². The molecule has 6 amide bonds. The minimum atomic E-state index is -0.668. The SMILES string of the molecule is O=C(/C=C/c1ccc(CN(Cc2nc3ccc(-c4cccc(C(=O)NC(=S)NCCCCCC(=O)NO)c4)cc3[nH]2)C(=O)NC(=O)c2ccccc2)cc1)NO. The number of hydroxylamine groups is 2. The van der Waals surface area contributed by atoms with Crippen LogP contribution in [0, 0.1) is 0 Å². The normalized spacial score (nSPS) is 10.8. The number of hydrogen-bond acceptors (Lipinski definition) is 9. The molecule has 0 radical (unpaired) electrons. The molecule has 56 heavy (non-hydrogen) atoms. The van der Waals surface area contributed by atoms with Crippen LogP contribution in [0.5, 0.6) is 0 Å². The summed E-state index contributed by atoms with van der Waals surface area (Å²) >= 11 is 5.28. The molecule has 15 nitrogen and oxygen atoms in total. The van der Waals surface area contributed by atoms with E-state index in [2.05, 4.69) is 20.9 Å². The van der Waals surface area contributed by atoms with Gasteiger partial charge in [0.1, 0.15) is 5.82 Å². The van der Waals surface area contributed by atoms with Crippen LogP contribution in [-0.2, 0) is 22.7 Å². The van der Waals surface area contributed by atoms with Crippen LogP contribution < -0.4 is 26.9 Å². The Morgan fingerprint density at radius 3 is 2.23 bits per heavy atom. The van der Waals surface area contributed by atoms with Crippen LogP contribution in [0.1, 0.15) is 63.4 Å². The highest BCUT2D eigenvalue weighted by atomic mass is 32.1. The summed E-state index contributed by atoms with van der Waals surface area (Å²) in [5.41, 5.74) is 8.24. The number of aromatic nitrogens is 2. The first-order chi connectivity index (χ1) is 27.1. The van der Waals surface area contributed by atoms with Crippen molar-refractivity contribution in [2.45, 2.75) is 38.8 Å². The first-order valence-corrected chi connectivity index (χ1v) is 18.0. The van der Waals surface area contributed by atoms with E-state index in [9.17, 15) is 24.0 Å². The van der Waals surface area contributed by atoms with Crippen LogP contribution in [0.3, 0.4) is 0 Å². The Bertz CT molecular complexity index is 2230. The van der Waals surface area contributed by atoms with Crippen LogP contribution in [0.2, 0.25) is 0 Å². The van der Waals surface area contributed by atoms with Gasteiger partial charge in [0.15, 0.2) is 5.11 Å². The van der Waals surface area contributed by atoms with Crippen LogP contribution >= 0.6 is 12.2 Å². The van der Waals surface area contributed by atoms with Crippen LogP contribution in [0.15, 0.2) is 103 Å². The van der Waals surface area contributed by atoms with Gasteiger partial charge >= 0.3 is 6.03 Å². The minimum absolute atomic E-state index is 0.0285. The summed E-state index contributed by atoms with van der Waals surface area (Å²) in [6.45, 7) is 0.664. The van der Waals surface area contributed by atoms with Gasteiger partial charge in [-0.05, 0) is 89.8 Å². The van der Waals surface area contributed by atoms with E-state index in [0.29, 0.717) is 46.5 Å². The molecule has 0 unspecified atom stereocenters. The van der Waals surface area contributed by atoms with E-state index in [1.165, 1.54) is 22.5 Å². The second-order valence-corrected chi connectivity index (χ2v) is 13.0. The van der Waals surface area contributed by atoms with Crippen molar-refractivity contribution in [1.29, 1.82) is 0 Å². The number of aromatic amines is 1. The fourth-order valence-corrected chi connectivity index (χ4v) is 5.80. The number of carbonyl (C=O) groups excluding carboxylic acids is 5. The number of nitrogens with one attached hydrogen (secondary N) is 6. The molecule has 0 aliphatic heterocycles. The molecule has 5 rings (SSSR count). The Labute approximate surface area is 327 Å². The molecule has 0 bridgehead atoms. The van der Waals surface area contributed by atoms with E-state index < -0.39 is 23.8 Å². The van der Waals surface area contributed by atoms with Crippen LogP contribution in [0.4, 0.5) is 4.79 Å². The molecular weight excluding hydrogens is 737 g/mol. The van der Waals surface area contributed by atoms with Gasteiger partial charge in [0.2, 0.25) is 5.91 Å². The van der Waals surface area contributed by atoms with E-state index in [4.69, 9.17) is 27.6 Å². The fourth-order valence-electron chi connectivity index (χ4n) is 5.60. The summed E-state index contributed by atoms with van der Waals surface area (Å²) in [7, 11) is 0. The molecule has 5 aromatic rings. The van der Waals surface area contributed by atoms with Gasteiger partial charge < -0.3 is 15.2 Å². The lowest BCUT2D eigenvalue weighted by Gasteiger charge is -2.22. The van der Waals surface area contributed by atoms with E-state index in [1.807, 2.05) is 24.3 Å². The second-order valence-electron chi connectivity index (χ2n) is 12.6. The molecule has 8 N–H and O–H groups in total. The quantitative estimate of drug-likeness (QED) is 0.0235. The third kappa shape index (κ3) is 11.9. The Hall–Kier alpha value is -6.75. The number of amides is 6. The number of H-pyrrole nitrogens is 1. The molecule has 0 aliphatic rings. The smallest absolute Gasteiger partial charge is 0.325 e. The first-order valence-electron chi connectivity index (χ1n) is 17.6. The molecule has 0 atom stereocenters. The van der Waals surface area contributed by atoms with E-state index in [0.717, 1.165) is 29.5 Å². The maximum absolute atomic E-state index is 13.6. The largest absolute Gasteiger partial charge is 0.362 e. The molecule has 288 valence electrons. The molecule has 16 heteroatoms. The summed E-state index contributed by atoms with van der Waals surface area (Å²) in [6, 6.07) is 27.5. The van der Waals surface area contributed by atoms with Gasteiger partial charge in [0.25, 0.3) is 17.7 Å². The first kappa shape index (κ1) is 40.4. The molecule has 0 aliphatic carbocycles. The van der Waals surface area contributed by atoms with Crippen LogP contribution in [0.25, 0.3) is 28.2 Å². The summed E-state index contributed by atoms with van der Waals surface area (Å²) in [5, 5.41) is 25.6. The van der Waals surface area contributed by atoms with Gasteiger partial charge in [-0.1, -0.05) is 67.1 Å². The average Bonchev–Trinajstić information content (AvgIpc) is 3.63. The Morgan fingerprint density at radius 1 is 0.750 bits per heavy atom. The van der Waals surface area contributed by atoms with E-state index in [-0.39, 0.29) is 30.5 Å². The van der Waals surface area contributed by atoms with Crippen molar-refractivity contribution in [2.24, 2.45) is 0 Å². The average molecular weight is 777 g/mol. The number of imidazole rings is 1. The van der Waals surface area contributed by atoms with Gasteiger partial charge in [-0.2, -0.15) is 0 Å². The van der Waals surface area contributed by atoms with Crippen molar-refractivity contribution in [3.05, 3.63) is 131 Å². The number of imide groups is 1. The summed E-state index contributed by atoms with van der Waals surface area (Å²) in [5.74, 6) is -1.55. The molecule has 1 aromatic heterocycles. The highest BCUT2D eigenvalue weighted by Crippen LogP contribution is 2.25. The van der Waals surface area contributed by atoms with Gasteiger partial charge in [-0.3, -0.25) is 40.2 Å². The second kappa shape index (κ2) is 20.1. The number of fused-ring (bicyclic) bond motifs is 1. The lowest BCUT2D eigenvalue weighted by molar-refractivity contribution is -0.129. The number of nitrogens with zero attached hydrogens (tertiary/aromatic N) is 2. The lowest BCUT2D eigenvalue weighted by atomic mass is 10.0. The van der Waals surface area contributed by atoms with Crippen molar-refractivity contribution in [1.82, 2.24) is 41.8 Å². The number of hydrogen-bond donors (Lipinski definition) is 8. The Morgan fingerprint density at radius 2 is 1.48 bits per heavy atom. The number of thiocarbonyl (C=S) groups is 1. The topological polar surface area (TPSA) is 218 Å². The minimum Gasteiger partial charge on any atom is -0.362 e. The highest BCUT2D eigenvalue weighted by molar-refractivity contribution is 7.80. The van der Waals surface area contributed by atoms with Crippen molar-refractivity contribution >= 4 is 64.1 Å². The van der Waals surface area contributed by atoms with E-state index >= 15 is 0 Å². The zero-order valence-corrected chi connectivity index (χ0v) is 30.9. The number of benzene rings is 4. The predicted octanol–water partition coefficient (Wildman–Crippen LogP) is 4.97. The molecule has 1 heterocycles. The van der Waals surface area contributed by atoms with Crippen LogP contribution in [-0.4, -0.2) is 66.6 Å². The molecule has 0 spiro atoms. The van der Waals surface area contributed by atoms with E-state index in [1.54, 1.807) is 78.3 Å². The molecule has 4 aromatic carbocycles. The third-order valence-corrected chi connectivity index (χ3v) is 8.73. The van der Waals surface area contributed by atoms with Crippen molar-refractivity contribution < 1.29 is 34.4 Å². The maximum atomic E-state index is 13.6. The number of urea groups is 1. The zero-order chi connectivity index (χ0) is 39.9. The summed E-state index contributed by atoms with van der Waals surface area (Å²) < 4.78 is 0. The summed E-state index contributed by atoms with van der Waals surface area (Å²) in [4.78, 5) is 71.4. The fraction of sp³-hybridized carbons (Fsp3) is 0.175. The third-order valence-electron chi connectivity index (χ3n) is 8.48. The van der Waals surface area contributed by atoms with Crippen molar-refractivity contribution in [3.63, 3.8) is 0 Å². The standard InChI is InChI=1S/C40H40N8O7S/c49-35(46-54)12-5-2-6-21-41-39(56)44-38(52)31-11-7-10-29(22-31)30-18-19-32-33(23-30)43-34(42-32)25-48(40(53)45-37(51)28-8-3-1-4-9-28)24-27-15-13-26(14-16-27)17-20-36(50)47-55/h1,3-4,7-11,13-20,22-23,54-55H,2,5-6,12,21,24-25H2,(H,42,43)(H,46,49)(H,47,50)(H,45,51,53)(H2,41,44,52,56)/b20-17+. The van der Waals surface area contributed by atoms with Gasteiger partial charge in [-0.15, -0.1) is 0 Å². The van der Waals surface area contributed by atoms with Gasteiger partial charge in [0, 0.05) is 36.7 Å². The van der Waals surface area contributed by atoms with Gasteiger partial charge in [0.05, 0.1) is 17.6 Å². The molecular formula is C40H40N8O7S. The van der Waals surface area contributed by atoms with Gasteiger partial charge in [-0.25, -0.2) is 20.7 Å². The van der Waals surface area contributed by atoms with Crippen molar-refractivity contribution in [2.75, 3.05) is 6.54 Å². The Balaban J connectivity index is 1.26. The lowest BCUT2D eigenvalue weighted by Crippen LogP contribution is -2.42. The highest BCUT2D eigenvalue weighted by Gasteiger charge is 2.20. The predicted molar refractivity (Wildman–Crippen MR) is 212 cm³/mol. The Kier molecular flexibility index (Phi) is 14.5. The molecule has 0 fully saturated rings. The molecule has 0 saturated heterocycles. The number of rotatable bonds is 15. The monoisotopic (exact) mass is 776 g/mol. The summed E-state index contributed by atoms with van der Waals surface area (Å²) in [6.07, 6.45) is 5.02. The number of unbranched alkanes of at least 4 members (excludes halogenated alkanes) is 2. The molecule has 0 saturated carbocycles. The maximum Gasteiger partial charge on any atom is 0.325 e.